The second-order valence-corrected chi connectivity index (χ2v) is 9.37. The highest BCUT2D eigenvalue weighted by atomic mass is 35.5. The fourth-order valence-corrected chi connectivity index (χ4v) is 5.12. The molecule has 31 heavy (non-hydrogen) atoms. The highest BCUT2D eigenvalue weighted by molar-refractivity contribution is 7.22. The summed E-state index contributed by atoms with van der Waals surface area (Å²) in [6, 6.07) is 13.9. The summed E-state index contributed by atoms with van der Waals surface area (Å²) in [4.78, 5) is 20.0. The van der Waals surface area contributed by atoms with Crippen LogP contribution in [-0.2, 0) is 17.8 Å². The van der Waals surface area contributed by atoms with E-state index in [4.69, 9.17) is 16.6 Å². The van der Waals surface area contributed by atoms with Gasteiger partial charge in [-0.25, -0.2) is 4.98 Å². The molecule has 0 bridgehead atoms. The first-order valence-corrected chi connectivity index (χ1v) is 11.4. The maximum absolute atomic E-state index is 13.4. The first-order chi connectivity index (χ1) is 14.8. The predicted octanol–water partition coefficient (Wildman–Crippen LogP) is 5.66. The largest absolute Gasteiger partial charge is 0.286 e. The van der Waals surface area contributed by atoms with E-state index in [1.807, 2.05) is 74.8 Å². The topological polar surface area (TPSA) is 51.0 Å². The van der Waals surface area contributed by atoms with Crippen LogP contribution in [0.1, 0.15) is 28.1 Å². The zero-order valence-corrected chi connectivity index (χ0v) is 19.7. The lowest BCUT2D eigenvalue weighted by Gasteiger charge is -2.20. The van der Waals surface area contributed by atoms with Crippen molar-refractivity contribution in [1.29, 1.82) is 0 Å². The van der Waals surface area contributed by atoms with E-state index in [9.17, 15) is 4.79 Å². The van der Waals surface area contributed by atoms with Crippen LogP contribution in [0.5, 0.6) is 0 Å². The molecule has 0 aliphatic rings. The molecule has 2 aromatic heterocycles. The number of nitrogens with zero attached hydrogens (tertiary/aromatic N) is 4. The number of thiazole rings is 1. The molecule has 0 atom stereocenters. The van der Waals surface area contributed by atoms with Crippen molar-refractivity contribution in [1.82, 2.24) is 14.8 Å². The van der Waals surface area contributed by atoms with E-state index in [0.717, 1.165) is 32.7 Å². The first kappa shape index (κ1) is 21.5. The summed E-state index contributed by atoms with van der Waals surface area (Å²) < 4.78 is 2.93. The molecule has 0 unspecified atom stereocenters. The van der Waals surface area contributed by atoms with E-state index in [1.165, 1.54) is 16.9 Å². The monoisotopic (exact) mass is 452 g/mol. The van der Waals surface area contributed by atoms with Gasteiger partial charge in [0.25, 0.3) is 0 Å². The molecule has 2 heterocycles. The van der Waals surface area contributed by atoms with Crippen molar-refractivity contribution in [3.05, 3.63) is 75.6 Å². The number of fused-ring (bicyclic) bond motifs is 1. The van der Waals surface area contributed by atoms with Gasteiger partial charge < -0.3 is 0 Å². The Hall–Kier alpha value is -2.70. The highest BCUT2D eigenvalue weighted by Crippen LogP contribution is 2.33. The number of amides is 1. The number of halogens is 1. The van der Waals surface area contributed by atoms with Crippen LogP contribution in [0.2, 0.25) is 5.02 Å². The van der Waals surface area contributed by atoms with Gasteiger partial charge in [-0.05, 0) is 57.0 Å². The first-order valence-electron chi connectivity index (χ1n) is 10.2. The number of hydrogen-bond donors (Lipinski definition) is 0. The summed E-state index contributed by atoms with van der Waals surface area (Å²) in [5.74, 6) is 0.0215. The van der Waals surface area contributed by atoms with Crippen LogP contribution >= 0.6 is 22.9 Å². The molecule has 4 rings (SSSR count). The Morgan fingerprint density at radius 1 is 1.10 bits per heavy atom. The SMILES string of the molecule is Cc1ccc(CC(=O)N(CCn2nc(C)cc2C)c2nc3c(C)cc(Cl)cc3s2)cc1. The average Bonchev–Trinajstić information content (AvgIpc) is 3.26. The van der Waals surface area contributed by atoms with Crippen molar-refractivity contribution in [2.75, 3.05) is 11.4 Å². The minimum absolute atomic E-state index is 0.0215. The van der Waals surface area contributed by atoms with Crippen molar-refractivity contribution in [2.24, 2.45) is 0 Å². The number of aryl methyl sites for hydroxylation is 4. The normalized spacial score (nSPS) is 11.3. The van der Waals surface area contributed by atoms with Crippen molar-refractivity contribution in [2.45, 2.75) is 40.7 Å². The summed E-state index contributed by atoms with van der Waals surface area (Å²) in [5, 5.41) is 5.92. The third kappa shape index (κ3) is 4.81. The van der Waals surface area contributed by atoms with Gasteiger partial charge in [0.1, 0.15) is 0 Å². The Morgan fingerprint density at radius 2 is 1.84 bits per heavy atom. The quantitative estimate of drug-likeness (QED) is 0.379. The van der Waals surface area contributed by atoms with Gasteiger partial charge in [-0.2, -0.15) is 5.10 Å². The van der Waals surface area contributed by atoms with Gasteiger partial charge in [0.15, 0.2) is 5.13 Å². The lowest BCUT2D eigenvalue weighted by atomic mass is 10.1. The minimum atomic E-state index is 0.0215. The molecule has 7 heteroatoms. The number of aromatic nitrogens is 3. The van der Waals surface area contributed by atoms with Crippen molar-refractivity contribution < 1.29 is 4.79 Å². The molecule has 0 spiro atoms. The Morgan fingerprint density at radius 3 is 2.52 bits per heavy atom. The third-order valence-electron chi connectivity index (χ3n) is 5.29. The van der Waals surface area contributed by atoms with E-state index in [-0.39, 0.29) is 5.91 Å². The van der Waals surface area contributed by atoms with Gasteiger partial charge >= 0.3 is 0 Å². The molecule has 0 fully saturated rings. The number of hydrogen-bond acceptors (Lipinski definition) is 4. The van der Waals surface area contributed by atoms with Gasteiger partial charge in [-0.15, -0.1) is 0 Å². The summed E-state index contributed by atoms with van der Waals surface area (Å²) in [6.07, 6.45) is 0.326. The van der Waals surface area contributed by atoms with Crippen molar-refractivity contribution in [3.63, 3.8) is 0 Å². The van der Waals surface area contributed by atoms with Crippen LogP contribution < -0.4 is 4.90 Å². The fraction of sp³-hybridized carbons (Fsp3) is 0.292. The summed E-state index contributed by atoms with van der Waals surface area (Å²) >= 11 is 7.74. The van der Waals surface area contributed by atoms with Crippen LogP contribution in [0.4, 0.5) is 5.13 Å². The lowest BCUT2D eigenvalue weighted by molar-refractivity contribution is -0.118. The van der Waals surface area contributed by atoms with E-state index >= 15 is 0 Å². The van der Waals surface area contributed by atoms with E-state index in [1.54, 1.807) is 4.90 Å². The van der Waals surface area contributed by atoms with Gasteiger partial charge in [0.2, 0.25) is 5.91 Å². The van der Waals surface area contributed by atoms with Crippen molar-refractivity contribution >= 4 is 44.2 Å². The molecule has 0 N–H and O–H groups in total. The number of carbonyl (C=O) groups is 1. The molecule has 0 saturated heterocycles. The van der Waals surface area contributed by atoms with E-state index in [0.29, 0.717) is 29.7 Å². The molecule has 5 nitrogen and oxygen atoms in total. The Kier molecular flexibility index (Phi) is 6.12. The Labute approximate surface area is 191 Å². The van der Waals surface area contributed by atoms with Gasteiger partial charge in [-0.1, -0.05) is 52.8 Å². The molecular formula is C24H25ClN4OS. The second-order valence-electron chi connectivity index (χ2n) is 7.92. The number of rotatable bonds is 6. The molecule has 1 amide bonds. The average molecular weight is 453 g/mol. The second kappa shape index (κ2) is 8.81. The molecule has 4 aromatic rings. The predicted molar refractivity (Wildman–Crippen MR) is 128 cm³/mol. The van der Waals surface area contributed by atoms with Gasteiger partial charge in [0, 0.05) is 17.3 Å². The lowest BCUT2D eigenvalue weighted by Crippen LogP contribution is -2.35. The minimum Gasteiger partial charge on any atom is -0.286 e. The molecular weight excluding hydrogens is 428 g/mol. The summed E-state index contributed by atoms with van der Waals surface area (Å²) in [7, 11) is 0. The molecule has 160 valence electrons. The molecule has 0 aliphatic heterocycles. The molecule has 2 aromatic carbocycles. The van der Waals surface area contributed by atoms with Crippen LogP contribution in [0.25, 0.3) is 10.2 Å². The van der Waals surface area contributed by atoms with Crippen LogP contribution in [0.3, 0.4) is 0 Å². The standard InChI is InChI=1S/C24H25ClN4OS/c1-15-5-7-19(8-6-15)13-22(30)28(9-10-29-18(4)12-17(3)27-29)24-26-23-16(2)11-20(25)14-21(23)31-24/h5-8,11-12,14H,9-10,13H2,1-4H3. The van der Waals surface area contributed by atoms with Crippen molar-refractivity contribution in [3.8, 4) is 0 Å². The maximum Gasteiger partial charge on any atom is 0.233 e. The van der Waals surface area contributed by atoms with Gasteiger partial charge in [0.05, 0.1) is 28.9 Å². The number of benzene rings is 2. The molecule has 0 radical (unpaired) electrons. The number of anilines is 1. The molecule has 0 aliphatic carbocycles. The highest BCUT2D eigenvalue weighted by Gasteiger charge is 2.21. The summed E-state index contributed by atoms with van der Waals surface area (Å²) in [6.45, 7) is 9.15. The maximum atomic E-state index is 13.4. The van der Waals surface area contributed by atoms with E-state index < -0.39 is 0 Å². The Bertz CT molecular complexity index is 1240. The van der Waals surface area contributed by atoms with E-state index in [2.05, 4.69) is 5.10 Å². The van der Waals surface area contributed by atoms with Gasteiger partial charge in [-0.3, -0.25) is 14.4 Å². The van der Waals surface area contributed by atoms with Crippen LogP contribution in [0.15, 0.2) is 42.5 Å². The smallest absolute Gasteiger partial charge is 0.233 e. The molecule has 0 saturated carbocycles. The Balaban J connectivity index is 1.65. The zero-order chi connectivity index (χ0) is 22.1. The summed E-state index contributed by atoms with van der Waals surface area (Å²) in [5.41, 5.74) is 6.12. The van der Waals surface area contributed by atoms with Crippen LogP contribution in [0, 0.1) is 27.7 Å². The zero-order valence-electron chi connectivity index (χ0n) is 18.1. The third-order valence-corrected chi connectivity index (χ3v) is 6.53. The van der Waals surface area contributed by atoms with Crippen LogP contribution in [-0.4, -0.2) is 27.2 Å². The number of carbonyl (C=O) groups excluding carboxylic acids is 1. The fourth-order valence-electron chi connectivity index (χ4n) is 3.66.